The molecule has 1 saturated heterocycles. The number of hydrogen-bond acceptors (Lipinski definition) is 6. The topological polar surface area (TPSA) is 82.1 Å². The van der Waals surface area contributed by atoms with E-state index in [4.69, 9.17) is 10.5 Å². The highest BCUT2D eigenvalue weighted by molar-refractivity contribution is 5.81. The summed E-state index contributed by atoms with van der Waals surface area (Å²) in [5, 5.41) is 0. The summed E-state index contributed by atoms with van der Waals surface area (Å²) in [6.45, 7) is 5.07. The van der Waals surface area contributed by atoms with Crippen molar-refractivity contribution in [3.63, 3.8) is 0 Å². The Balaban J connectivity index is 1.33. The van der Waals surface area contributed by atoms with Gasteiger partial charge in [-0.3, -0.25) is 0 Å². The summed E-state index contributed by atoms with van der Waals surface area (Å²) >= 11 is 0. The molecule has 0 spiro atoms. The lowest BCUT2D eigenvalue weighted by atomic mass is 10.1. The van der Waals surface area contributed by atoms with Gasteiger partial charge in [0.2, 0.25) is 0 Å². The summed E-state index contributed by atoms with van der Waals surface area (Å²) in [6.07, 6.45) is 8.96. The molecule has 0 aliphatic carbocycles. The molecule has 29 heavy (non-hydrogen) atoms. The smallest absolute Gasteiger partial charge is 0.320 e. The number of nitrogens with two attached hydrogens (primary N) is 1. The molecule has 2 aromatic heterocycles. The van der Waals surface area contributed by atoms with E-state index in [0.29, 0.717) is 24.0 Å². The molecule has 154 valence electrons. The van der Waals surface area contributed by atoms with Gasteiger partial charge in [-0.15, -0.1) is 0 Å². The number of piperidine rings is 1. The minimum absolute atomic E-state index is 0.320. The van der Waals surface area contributed by atoms with Gasteiger partial charge in [0, 0.05) is 13.0 Å². The second kappa shape index (κ2) is 9.69. The standard InChI is InChI=1S/C22H30N6O/c23-20-19-21(26-22(25-20)29-16-11-18-9-3-1-4-10-18)28(17-24-19)15-8-7-14-27-12-5-2-6-13-27/h1,3-4,9-10,17H,2,5-8,11-16H2,(H2,23,25,26). The molecule has 3 aromatic rings. The van der Waals surface area contributed by atoms with Gasteiger partial charge in [-0.1, -0.05) is 36.8 Å². The lowest BCUT2D eigenvalue weighted by Gasteiger charge is -2.26. The normalized spacial score (nSPS) is 15.0. The molecule has 0 atom stereocenters. The number of unbranched alkanes of at least 4 members (excludes halogenated alkanes) is 1. The van der Waals surface area contributed by atoms with Crippen LogP contribution in [0.4, 0.5) is 5.82 Å². The van der Waals surface area contributed by atoms with Crippen LogP contribution in [0.1, 0.15) is 37.7 Å². The van der Waals surface area contributed by atoms with E-state index in [1.165, 1.54) is 50.9 Å². The van der Waals surface area contributed by atoms with Crippen LogP contribution < -0.4 is 10.5 Å². The molecule has 0 saturated carbocycles. The van der Waals surface area contributed by atoms with Crippen LogP contribution in [0, 0.1) is 0 Å². The van der Waals surface area contributed by atoms with E-state index in [1.54, 1.807) is 0 Å². The van der Waals surface area contributed by atoms with Crippen molar-refractivity contribution in [3.05, 3.63) is 42.2 Å². The molecular weight excluding hydrogens is 364 g/mol. The van der Waals surface area contributed by atoms with Crippen molar-refractivity contribution in [3.8, 4) is 6.01 Å². The molecule has 7 heteroatoms. The van der Waals surface area contributed by atoms with Crippen LogP contribution in [0.3, 0.4) is 0 Å². The Labute approximate surface area is 171 Å². The van der Waals surface area contributed by atoms with Crippen molar-refractivity contribution in [2.24, 2.45) is 0 Å². The zero-order chi connectivity index (χ0) is 19.9. The summed E-state index contributed by atoms with van der Waals surface area (Å²) in [5.41, 5.74) is 8.72. The first kappa shape index (κ1) is 19.6. The minimum atomic E-state index is 0.320. The number of aromatic nitrogens is 4. The molecule has 0 radical (unpaired) electrons. The zero-order valence-corrected chi connectivity index (χ0v) is 17.0. The number of aryl methyl sites for hydroxylation is 1. The third kappa shape index (κ3) is 5.23. The predicted octanol–water partition coefficient (Wildman–Crippen LogP) is 3.30. The minimum Gasteiger partial charge on any atom is -0.463 e. The largest absolute Gasteiger partial charge is 0.463 e. The quantitative estimate of drug-likeness (QED) is 0.561. The number of rotatable bonds is 9. The van der Waals surface area contributed by atoms with Crippen molar-refractivity contribution in [1.29, 1.82) is 0 Å². The first-order valence-corrected chi connectivity index (χ1v) is 10.7. The van der Waals surface area contributed by atoms with Crippen LogP contribution in [-0.4, -0.2) is 50.7 Å². The van der Waals surface area contributed by atoms with Gasteiger partial charge in [0.1, 0.15) is 5.52 Å². The Morgan fingerprint density at radius 2 is 1.76 bits per heavy atom. The number of benzene rings is 1. The SMILES string of the molecule is Nc1nc(OCCc2ccccc2)nc2c1ncn2CCCCN1CCCCC1. The van der Waals surface area contributed by atoms with Gasteiger partial charge in [-0.05, 0) is 50.9 Å². The Bertz CT molecular complexity index is 904. The lowest BCUT2D eigenvalue weighted by molar-refractivity contribution is 0.223. The summed E-state index contributed by atoms with van der Waals surface area (Å²) in [4.78, 5) is 15.8. The summed E-state index contributed by atoms with van der Waals surface area (Å²) in [7, 11) is 0. The maximum Gasteiger partial charge on any atom is 0.320 e. The fraction of sp³-hybridized carbons (Fsp3) is 0.500. The summed E-state index contributed by atoms with van der Waals surface area (Å²) in [6, 6.07) is 10.6. The molecule has 1 fully saturated rings. The van der Waals surface area contributed by atoms with E-state index in [-0.39, 0.29) is 0 Å². The number of fused-ring (bicyclic) bond motifs is 1. The highest BCUT2D eigenvalue weighted by atomic mass is 16.5. The number of hydrogen-bond donors (Lipinski definition) is 1. The van der Waals surface area contributed by atoms with Gasteiger partial charge in [0.25, 0.3) is 0 Å². The average Bonchev–Trinajstić information content (AvgIpc) is 3.16. The first-order chi connectivity index (χ1) is 14.3. The number of likely N-dealkylation sites (tertiary alicyclic amines) is 1. The summed E-state index contributed by atoms with van der Waals surface area (Å²) in [5.74, 6) is 0.372. The number of anilines is 1. The maximum absolute atomic E-state index is 6.09. The number of ether oxygens (including phenoxy) is 1. The van der Waals surface area contributed by atoms with Crippen molar-refractivity contribution in [1.82, 2.24) is 24.4 Å². The predicted molar refractivity (Wildman–Crippen MR) is 115 cm³/mol. The van der Waals surface area contributed by atoms with Gasteiger partial charge in [0.05, 0.1) is 12.9 Å². The van der Waals surface area contributed by atoms with Crippen molar-refractivity contribution < 1.29 is 4.74 Å². The molecule has 0 amide bonds. The van der Waals surface area contributed by atoms with Crippen LogP contribution in [0.2, 0.25) is 0 Å². The van der Waals surface area contributed by atoms with Crippen LogP contribution in [-0.2, 0) is 13.0 Å². The second-order valence-electron chi connectivity index (χ2n) is 7.70. The zero-order valence-electron chi connectivity index (χ0n) is 17.0. The van der Waals surface area contributed by atoms with Gasteiger partial charge in [-0.2, -0.15) is 9.97 Å². The number of imidazole rings is 1. The van der Waals surface area contributed by atoms with E-state index in [1.807, 2.05) is 24.5 Å². The molecule has 4 rings (SSSR count). The van der Waals surface area contributed by atoms with Gasteiger partial charge in [-0.25, -0.2) is 4.98 Å². The Morgan fingerprint density at radius 1 is 0.966 bits per heavy atom. The molecule has 1 aliphatic heterocycles. The molecule has 7 nitrogen and oxygen atoms in total. The molecular formula is C22H30N6O. The van der Waals surface area contributed by atoms with E-state index in [0.717, 1.165) is 25.0 Å². The monoisotopic (exact) mass is 394 g/mol. The van der Waals surface area contributed by atoms with E-state index < -0.39 is 0 Å². The second-order valence-corrected chi connectivity index (χ2v) is 7.70. The third-order valence-corrected chi connectivity index (χ3v) is 5.51. The Hall–Kier alpha value is -2.67. The van der Waals surface area contributed by atoms with Crippen LogP contribution in [0.25, 0.3) is 11.2 Å². The third-order valence-electron chi connectivity index (χ3n) is 5.51. The van der Waals surface area contributed by atoms with Crippen molar-refractivity contribution in [2.75, 3.05) is 32.0 Å². The Morgan fingerprint density at radius 3 is 2.59 bits per heavy atom. The van der Waals surface area contributed by atoms with Crippen molar-refractivity contribution >= 4 is 17.0 Å². The fourth-order valence-electron chi connectivity index (χ4n) is 3.88. The molecule has 0 unspecified atom stereocenters. The van der Waals surface area contributed by atoms with Crippen LogP contribution >= 0.6 is 0 Å². The van der Waals surface area contributed by atoms with Gasteiger partial charge < -0.3 is 19.9 Å². The summed E-state index contributed by atoms with van der Waals surface area (Å²) < 4.78 is 7.84. The highest BCUT2D eigenvalue weighted by Crippen LogP contribution is 2.20. The van der Waals surface area contributed by atoms with E-state index in [2.05, 4.69) is 36.6 Å². The van der Waals surface area contributed by atoms with Crippen molar-refractivity contribution in [2.45, 2.75) is 45.1 Å². The first-order valence-electron chi connectivity index (χ1n) is 10.7. The van der Waals surface area contributed by atoms with E-state index >= 15 is 0 Å². The molecule has 2 N–H and O–H groups in total. The van der Waals surface area contributed by atoms with Crippen LogP contribution in [0.15, 0.2) is 36.7 Å². The number of nitrogen functional groups attached to an aromatic ring is 1. The molecule has 1 aromatic carbocycles. The molecule has 1 aliphatic rings. The van der Waals surface area contributed by atoms with Gasteiger partial charge >= 0.3 is 6.01 Å². The fourth-order valence-corrected chi connectivity index (χ4v) is 3.88. The van der Waals surface area contributed by atoms with E-state index in [9.17, 15) is 0 Å². The van der Waals surface area contributed by atoms with Gasteiger partial charge in [0.15, 0.2) is 11.5 Å². The molecule has 3 heterocycles. The molecule has 0 bridgehead atoms. The maximum atomic E-state index is 6.09. The lowest BCUT2D eigenvalue weighted by Crippen LogP contribution is -2.30. The number of nitrogens with zero attached hydrogens (tertiary/aromatic N) is 5. The van der Waals surface area contributed by atoms with Crippen LogP contribution in [0.5, 0.6) is 6.01 Å². The highest BCUT2D eigenvalue weighted by Gasteiger charge is 2.13. The average molecular weight is 395 g/mol. The Kier molecular flexibility index (Phi) is 6.56.